The van der Waals surface area contributed by atoms with Crippen molar-refractivity contribution >= 4 is 23.5 Å². The van der Waals surface area contributed by atoms with Crippen molar-refractivity contribution in [2.45, 2.75) is 6.42 Å². The van der Waals surface area contributed by atoms with Crippen molar-refractivity contribution in [1.82, 2.24) is 0 Å². The number of carbonyl (C=O) groups is 2. The lowest BCUT2D eigenvalue weighted by molar-refractivity contribution is -0.115. The standard InChI is InChI=1S/C18H14FNO3/c1-23-14-5-2-11(3-6-14)8-12-9-17(21)20-16-7-4-13(19)10-15(16)18(12)22/h2-8,10H,9H2,1H3,(H,20,21). The van der Waals surface area contributed by atoms with Gasteiger partial charge in [0.2, 0.25) is 5.91 Å². The molecular weight excluding hydrogens is 297 g/mol. The average Bonchev–Trinajstić information content (AvgIpc) is 2.66. The van der Waals surface area contributed by atoms with Crippen LogP contribution in [0.15, 0.2) is 48.0 Å². The molecule has 23 heavy (non-hydrogen) atoms. The first kappa shape index (κ1) is 15.0. The number of nitrogens with one attached hydrogen (secondary N) is 1. The Bertz CT molecular complexity index is 810. The zero-order valence-electron chi connectivity index (χ0n) is 12.4. The number of rotatable bonds is 2. The van der Waals surface area contributed by atoms with Crippen LogP contribution in [-0.2, 0) is 4.79 Å². The fourth-order valence-electron chi connectivity index (χ4n) is 2.45. The molecule has 0 radical (unpaired) electrons. The van der Waals surface area contributed by atoms with E-state index in [-0.39, 0.29) is 23.7 Å². The van der Waals surface area contributed by atoms with E-state index in [0.717, 1.165) is 11.6 Å². The van der Waals surface area contributed by atoms with Crippen molar-refractivity contribution in [3.05, 3.63) is 65.0 Å². The van der Waals surface area contributed by atoms with Gasteiger partial charge in [-0.05, 0) is 42.0 Å². The van der Waals surface area contributed by atoms with E-state index >= 15 is 0 Å². The number of ether oxygens (including phenoxy) is 1. The molecule has 0 bridgehead atoms. The lowest BCUT2D eigenvalue weighted by Crippen LogP contribution is -2.10. The number of hydrogen-bond acceptors (Lipinski definition) is 3. The maximum Gasteiger partial charge on any atom is 0.228 e. The quantitative estimate of drug-likeness (QED) is 0.864. The summed E-state index contributed by atoms with van der Waals surface area (Å²) in [5.74, 6) is -0.473. The van der Waals surface area contributed by atoms with E-state index in [9.17, 15) is 14.0 Å². The number of hydrogen-bond donors (Lipinski definition) is 1. The maximum absolute atomic E-state index is 13.4. The van der Waals surface area contributed by atoms with Crippen LogP contribution in [-0.4, -0.2) is 18.8 Å². The van der Waals surface area contributed by atoms with Crippen LogP contribution in [0, 0.1) is 5.82 Å². The van der Waals surface area contributed by atoms with Crippen LogP contribution in [0.3, 0.4) is 0 Å². The molecule has 0 aliphatic carbocycles. The van der Waals surface area contributed by atoms with E-state index in [1.165, 1.54) is 12.1 Å². The normalized spacial score (nSPS) is 15.8. The molecule has 1 aliphatic heterocycles. The highest BCUT2D eigenvalue weighted by Gasteiger charge is 2.24. The van der Waals surface area contributed by atoms with Crippen molar-refractivity contribution in [2.75, 3.05) is 12.4 Å². The molecule has 1 N–H and O–H groups in total. The monoisotopic (exact) mass is 311 g/mol. The van der Waals surface area contributed by atoms with Gasteiger partial charge in [0, 0.05) is 11.1 Å². The summed E-state index contributed by atoms with van der Waals surface area (Å²) in [6.07, 6.45) is 1.59. The van der Waals surface area contributed by atoms with E-state index in [4.69, 9.17) is 4.74 Å². The molecule has 2 aromatic rings. The van der Waals surface area contributed by atoms with Gasteiger partial charge in [-0.15, -0.1) is 0 Å². The van der Waals surface area contributed by atoms with Gasteiger partial charge < -0.3 is 10.1 Å². The Morgan fingerprint density at radius 1 is 1.13 bits per heavy atom. The highest BCUT2D eigenvalue weighted by molar-refractivity contribution is 6.20. The molecule has 1 heterocycles. The predicted octanol–water partition coefficient (Wildman–Crippen LogP) is 3.44. The van der Waals surface area contributed by atoms with Gasteiger partial charge in [0.1, 0.15) is 11.6 Å². The van der Waals surface area contributed by atoms with E-state index in [0.29, 0.717) is 17.0 Å². The summed E-state index contributed by atoms with van der Waals surface area (Å²) in [5, 5.41) is 2.63. The van der Waals surface area contributed by atoms with Gasteiger partial charge in [-0.25, -0.2) is 4.39 Å². The molecule has 116 valence electrons. The molecule has 0 aromatic heterocycles. The van der Waals surface area contributed by atoms with Gasteiger partial charge in [0.05, 0.1) is 19.2 Å². The molecule has 0 unspecified atom stereocenters. The second-order valence-corrected chi connectivity index (χ2v) is 5.19. The largest absolute Gasteiger partial charge is 0.497 e. The first-order valence-electron chi connectivity index (χ1n) is 7.05. The number of Topliss-reactive ketones (excluding diaryl/α,β-unsaturated/α-hetero) is 1. The summed E-state index contributed by atoms with van der Waals surface area (Å²) in [5.41, 5.74) is 1.58. The van der Waals surface area contributed by atoms with Crippen molar-refractivity contribution < 1.29 is 18.7 Å². The Morgan fingerprint density at radius 2 is 1.87 bits per heavy atom. The molecule has 1 amide bonds. The predicted molar refractivity (Wildman–Crippen MR) is 84.9 cm³/mol. The topological polar surface area (TPSA) is 55.4 Å². The Morgan fingerprint density at radius 3 is 2.57 bits per heavy atom. The van der Waals surface area contributed by atoms with Crippen molar-refractivity contribution in [2.24, 2.45) is 0 Å². The lowest BCUT2D eigenvalue weighted by atomic mass is 9.98. The Balaban J connectivity index is 2.02. The third kappa shape index (κ3) is 3.13. The number of amides is 1. The molecule has 2 aromatic carbocycles. The molecule has 1 aliphatic rings. The number of fused-ring (bicyclic) bond motifs is 1. The van der Waals surface area contributed by atoms with Crippen LogP contribution in [0.2, 0.25) is 0 Å². The zero-order valence-corrected chi connectivity index (χ0v) is 12.4. The highest BCUT2D eigenvalue weighted by Crippen LogP contribution is 2.27. The molecule has 0 saturated carbocycles. The number of carbonyl (C=O) groups excluding carboxylic acids is 2. The van der Waals surface area contributed by atoms with Gasteiger partial charge >= 0.3 is 0 Å². The lowest BCUT2D eigenvalue weighted by Gasteiger charge is -2.05. The molecule has 5 heteroatoms. The molecule has 0 atom stereocenters. The molecule has 0 saturated heterocycles. The summed E-state index contributed by atoms with van der Waals surface area (Å²) in [4.78, 5) is 24.6. The number of anilines is 1. The molecule has 3 rings (SSSR count). The van der Waals surface area contributed by atoms with E-state index in [1.54, 1.807) is 37.5 Å². The first-order chi connectivity index (χ1) is 11.1. The van der Waals surface area contributed by atoms with Crippen LogP contribution in [0.4, 0.5) is 10.1 Å². The van der Waals surface area contributed by atoms with Gasteiger partial charge in [-0.1, -0.05) is 12.1 Å². The Labute approximate surface area is 132 Å². The Hall–Kier alpha value is -2.95. The smallest absolute Gasteiger partial charge is 0.228 e. The number of ketones is 1. The van der Waals surface area contributed by atoms with Crippen molar-refractivity contribution in [3.63, 3.8) is 0 Å². The molecule has 4 nitrogen and oxygen atoms in total. The van der Waals surface area contributed by atoms with E-state index in [2.05, 4.69) is 5.32 Å². The summed E-state index contributed by atoms with van der Waals surface area (Å²) in [6, 6.07) is 10.9. The van der Waals surface area contributed by atoms with E-state index < -0.39 is 5.82 Å². The number of methoxy groups -OCH3 is 1. The van der Waals surface area contributed by atoms with Crippen LogP contribution in [0.25, 0.3) is 6.08 Å². The van der Waals surface area contributed by atoms with Gasteiger partial charge in [-0.2, -0.15) is 0 Å². The second kappa shape index (κ2) is 6.04. The van der Waals surface area contributed by atoms with Crippen molar-refractivity contribution in [3.8, 4) is 5.75 Å². The van der Waals surface area contributed by atoms with Gasteiger partial charge in [-0.3, -0.25) is 9.59 Å². The third-order valence-corrected chi connectivity index (χ3v) is 3.60. The average molecular weight is 311 g/mol. The SMILES string of the molecule is COc1ccc(C=C2CC(=O)Nc3ccc(F)cc3C2=O)cc1. The number of benzene rings is 2. The fourth-order valence-corrected chi connectivity index (χ4v) is 2.45. The summed E-state index contributed by atoms with van der Waals surface area (Å²) < 4.78 is 18.5. The fraction of sp³-hybridized carbons (Fsp3) is 0.111. The highest BCUT2D eigenvalue weighted by atomic mass is 19.1. The van der Waals surface area contributed by atoms with Crippen LogP contribution in [0.5, 0.6) is 5.75 Å². The third-order valence-electron chi connectivity index (χ3n) is 3.60. The summed E-state index contributed by atoms with van der Waals surface area (Å²) in [7, 11) is 1.57. The second-order valence-electron chi connectivity index (χ2n) is 5.19. The molecule has 0 spiro atoms. The maximum atomic E-state index is 13.4. The minimum Gasteiger partial charge on any atom is -0.497 e. The molecule has 0 fully saturated rings. The van der Waals surface area contributed by atoms with Crippen molar-refractivity contribution in [1.29, 1.82) is 0 Å². The number of halogens is 1. The Kier molecular flexibility index (Phi) is 3.93. The van der Waals surface area contributed by atoms with Crippen LogP contribution in [0.1, 0.15) is 22.3 Å². The van der Waals surface area contributed by atoms with E-state index in [1.807, 2.05) is 0 Å². The van der Waals surface area contributed by atoms with Crippen LogP contribution >= 0.6 is 0 Å². The zero-order chi connectivity index (χ0) is 16.4. The summed E-state index contributed by atoms with van der Waals surface area (Å²) >= 11 is 0. The minimum atomic E-state index is -0.517. The van der Waals surface area contributed by atoms with Gasteiger partial charge in [0.15, 0.2) is 5.78 Å². The van der Waals surface area contributed by atoms with Crippen LogP contribution < -0.4 is 10.1 Å². The molecular formula is C18H14FNO3. The first-order valence-corrected chi connectivity index (χ1v) is 7.05. The van der Waals surface area contributed by atoms with Gasteiger partial charge in [0.25, 0.3) is 0 Å². The minimum absolute atomic E-state index is 0.0544. The summed E-state index contributed by atoms with van der Waals surface area (Å²) in [6.45, 7) is 0.